The van der Waals surface area contributed by atoms with Gasteiger partial charge in [0.1, 0.15) is 5.82 Å². The van der Waals surface area contributed by atoms with Crippen LogP contribution in [0.2, 0.25) is 0 Å². The van der Waals surface area contributed by atoms with Gasteiger partial charge in [0.2, 0.25) is 0 Å². The smallest absolute Gasteiger partial charge is 0.449 e. The van der Waals surface area contributed by atoms with Crippen LogP contribution in [0.5, 0.6) is 0 Å². The largest absolute Gasteiger partial charge is 0.513 e. The summed E-state index contributed by atoms with van der Waals surface area (Å²) in [5.74, 6) is -2.02. The van der Waals surface area contributed by atoms with Crippen molar-refractivity contribution in [2.45, 2.75) is 26.2 Å². The van der Waals surface area contributed by atoms with Gasteiger partial charge in [-0.05, 0) is 37.1 Å². The molecule has 0 fully saturated rings. The molecule has 0 saturated heterocycles. The summed E-state index contributed by atoms with van der Waals surface area (Å²) in [7, 11) is 0. The Morgan fingerprint density at radius 1 is 1.45 bits per heavy atom. The molecule has 0 bridgehead atoms. The first-order valence-electron chi connectivity index (χ1n) is 6.16. The van der Waals surface area contributed by atoms with Crippen LogP contribution in [-0.4, -0.2) is 22.2 Å². The number of hydrogen-bond donors (Lipinski definition) is 2. The second kappa shape index (κ2) is 5.32. The van der Waals surface area contributed by atoms with Crippen molar-refractivity contribution in [1.82, 2.24) is 4.98 Å². The Morgan fingerprint density at radius 2 is 2.15 bits per heavy atom. The number of aromatic nitrogens is 1. The van der Waals surface area contributed by atoms with E-state index in [0.717, 1.165) is 0 Å². The minimum absolute atomic E-state index is 0.358. The van der Waals surface area contributed by atoms with E-state index in [1.54, 1.807) is 19.9 Å². The zero-order chi connectivity index (χ0) is 14.9. The standard InChI is InChI=1S/C14H14FNO4/c1-3-9(13(17)20-14(18)19)12-7(2)16-11-5-4-8(15)6-10(11)12/h4-6,9,16H,3H2,1-2H3,(H,18,19). The second-order valence-corrected chi connectivity index (χ2v) is 4.50. The predicted octanol–water partition coefficient (Wildman–Crippen LogP) is 3.33. The summed E-state index contributed by atoms with van der Waals surface area (Å²) in [6.45, 7) is 3.50. The van der Waals surface area contributed by atoms with Crippen molar-refractivity contribution in [3.8, 4) is 0 Å². The van der Waals surface area contributed by atoms with E-state index < -0.39 is 23.9 Å². The number of ether oxygens (including phenoxy) is 1. The minimum atomic E-state index is -1.64. The van der Waals surface area contributed by atoms with Gasteiger partial charge < -0.3 is 14.8 Å². The van der Waals surface area contributed by atoms with Crippen LogP contribution in [0.15, 0.2) is 18.2 Å². The van der Waals surface area contributed by atoms with Gasteiger partial charge in [0.15, 0.2) is 0 Å². The van der Waals surface area contributed by atoms with E-state index in [0.29, 0.717) is 28.6 Å². The second-order valence-electron chi connectivity index (χ2n) is 4.50. The molecule has 106 valence electrons. The zero-order valence-corrected chi connectivity index (χ0v) is 11.1. The summed E-state index contributed by atoms with van der Waals surface area (Å²) in [4.78, 5) is 25.4. The highest BCUT2D eigenvalue weighted by Crippen LogP contribution is 2.32. The summed E-state index contributed by atoms with van der Waals surface area (Å²) in [6, 6.07) is 4.22. The number of fused-ring (bicyclic) bond motifs is 1. The van der Waals surface area contributed by atoms with Crippen LogP contribution in [0.1, 0.15) is 30.5 Å². The fourth-order valence-electron chi connectivity index (χ4n) is 2.41. The molecule has 0 aliphatic carbocycles. The maximum absolute atomic E-state index is 13.4. The van der Waals surface area contributed by atoms with Crippen molar-refractivity contribution in [3.05, 3.63) is 35.3 Å². The molecule has 2 rings (SSSR count). The number of rotatable bonds is 3. The SMILES string of the molecule is CCC(C(=O)OC(=O)O)c1c(C)[nH]c2ccc(F)cc12. The van der Waals surface area contributed by atoms with Crippen LogP contribution in [0.4, 0.5) is 9.18 Å². The minimum Gasteiger partial charge on any atom is -0.449 e. The Morgan fingerprint density at radius 3 is 2.75 bits per heavy atom. The molecule has 1 atom stereocenters. The molecule has 0 amide bonds. The van der Waals surface area contributed by atoms with Crippen molar-refractivity contribution in [1.29, 1.82) is 0 Å². The third kappa shape index (κ3) is 2.49. The first-order chi connectivity index (χ1) is 9.43. The highest BCUT2D eigenvalue weighted by molar-refractivity contribution is 5.93. The van der Waals surface area contributed by atoms with Crippen LogP contribution in [-0.2, 0) is 9.53 Å². The molecule has 5 nitrogen and oxygen atoms in total. The van der Waals surface area contributed by atoms with E-state index in [1.807, 2.05) is 0 Å². The Labute approximate surface area is 114 Å². The lowest BCUT2D eigenvalue weighted by molar-refractivity contribution is -0.140. The monoisotopic (exact) mass is 279 g/mol. The number of halogens is 1. The van der Waals surface area contributed by atoms with E-state index in [-0.39, 0.29) is 0 Å². The highest BCUT2D eigenvalue weighted by Gasteiger charge is 2.27. The normalized spacial score (nSPS) is 12.3. The summed E-state index contributed by atoms with van der Waals surface area (Å²) in [5.41, 5.74) is 1.97. The third-order valence-electron chi connectivity index (χ3n) is 3.23. The van der Waals surface area contributed by atoms with Gasteiger partial charge in [-0.1, -0.05) is 6.92 Å². The Kier molecular flexibility index (Phi) is 3.74. The zero-order valence-electron chi connectivity index (χ0n) is 11.1. The van der Waals surface area contributed by atoms with E-state index in [1.165, 1.54) is 12.1 Å². The predicted molar refractivity (Wildman–Crippen MR) is 70.1 cm³/mol. The van der Waals surface area contributed by atoms with Crippen LogP contribution < -0.4 is 0 Å². The molecule has 1 aromatic carbocycles. The molecular weight excluding hydrogens is 265 g/mol. The van der Waals surface area contributed by atoms with Gasteiger partial charge in [-0.2, -0.15) is 0 Å². The molecule has 2 N–H and O–H groups in total. The number of aryl methyl sites for hydroxylation is 1. The lowest BCUT2D eigenvalue weighted by Crippen LogP contribution is -2.18. The fourth-order valence-corrected chi connectivity index (χ4v) is 2.41. The van der Waals surface area contributed by atoms with Crippen molar-refractivity contribution < 1.29 is 23.8 Å². The average Bonchev–Trinajstić information content (AvgIpc) is 2.66. The number of aromatic amines is 1. The van der Waals surface area contributed by atoms with Crippen molar-refractivity contribution >= 4 is 23.0 Å². The van der Waals surface area contributed by atoms with E-state index in [4.69, 9.17) is 5.11 Å². The number of nitrogens with one attached hydrogen (secondary N) is 1. The Bertz CT molecular complexity index is 677. The number of hydrogen-bond acceptors (Lipinski definition) is 3. The van der Waals surface area contributed by atoms with Gasteiger partial charge in [-0.15, -0.1) is 0 Å². The fraction of sp³-hybridized carbons (Fsp3) is 0.286. The Balaban J connectivity index is 2.53. The third-order valence-corrected chi connectivity index (χ3v) is 3.23. The highest BCUT2D eigenvalue weighted by atomic mass is 19.1. The molecule has 20 heavy (non-hydrogen) atoms. The number of H-pyrrole nitrogens is 1. The molecule has 0 radical (unpaired) electrons. The van der Waals surface area contributed by atoms with E-state index in [2.05, 4.69) is 9.72 Å². The Hall–Kier alpha value is -2.37. The van der Waals surface area contributed by atoms with Gasteiger partial charge in [0.25, 0.3) is 0 Å². The number of carbonyl (C=O) groups excluding carboxylic acids is 1. The van der Waals surface area contributed by atoms with Gasteiger partial charge in [-0.25, -0.2) is 9.18 Å². The average molecular weight is 279 g/mol. The molecule has 6 heteroatoms. The molecule has 1 aromatic heterocycles. The van der Waals surface area contributed by atoms with Crippen LogP contribution in [0, 0.1) is 12.7 Å². The molecule has 0 aliphatic rings. The number of carboxylic acid groups (broad SMARTS) is 1. The van der Waals surface area contributed by atoms with E-state index in [9.17, 15) is 14.0 Å². The summed E-state index contributed by atoms with van der Waals surface area (Å²) >= 11 is 0. The molecule has 2 aromatic rings. The first-order valence-corrected chi connectivity index (χ1v) is 6.16. The van der Waals surface area contributed by atoms with E-state index >= 15 is 0 Å². The molecule has 0 saturated carbocycles. The summed E-state index contributed by atoms with van der Waals surface area (Å²) < 4.78 is 17.6. The molecule has 1 heterocycles. The first kappa shape index (κ1) is 14.0. The number of esters is 1. The summed E-state index contributed by atoms with van der Waals surface area (Å²) in [6.07, 6.45) is -1.28. The summed E-state index contributed by atoms with van der Waals surface area (Å²) in [5, 5.41) is 9.11. The van der Waals surface area contributed by atoms with Gasteiger partial charge >= 0.3 is 12.1 Å². The molecule has 0 aliphatic heterocycles. The van der Waals surface area contributed by atoms with Crippen LogP contribution in [0.3, 0.4) is 0 Å². The van der Waals surface area contributed by atoms with Gasteiger partial charge in [0, 0.05) is 16.6 Å². The molecular formula is C14H14FNO4. The van der Waals surface area contributed by atoms with Crippen molar-refractivity contribution in [2.24, 2.45) is 0 Å². The number of carbonyl (C=O) groups is 2. The number of benzene rings is 1. The van der Waals surface area contributed by atoms with Crippen LogP contribution in [0.25, 0.3) is 10.9 Å². The van der Waals surface area contributed by atoms with Gasteiger partial charge in [0.05, 0.1) is 5.92 Å². The lowest BCUT2D eigenvalue weighted by Gasteiger charge is -2.12. The van der Waals surface area contributed by atoms with Crippen LogP contribution >= 0.6 is 0 Å². The van der Waals surface area contributed by atoms with Gasteiger partial charge in [-0.3, -0.25) is 4.79 Å². The quantitative estimate of drug-likeness (QED) is 0.667. The lowest BCUT2D eigenvalue weighted by atomic mass is 9.94. The van der Waals surface area contributed by atoms with Crippen molar-refractivity contribution in [2.75, 3.05) is 0 Å². The molecule has 0 spiro atoms. The maximum Gasteiger partial charge on any atom is 0.513 e. The molecule has 1 unspecified atom stereocenters. The topological polar surface area (TPSA) is 79.4 Å². The maximum atomic E-state index is 13.4. The van der Waals surface area contributed by atoms with Crippen molar-refractivity contribution in [3.63, 3.8) is 0 Å².